The molecule has 3 heteroatoms. The van der Waals surface area contributed by atoms with Crippen molar-refractivity contribution in [3.63, 3.8) is 0 Å². The van der Waals surface area contributed by atoms with Gasteiger partial charge in [-0.25, -0.2) is 4.98 Å². The molecule has 1 aromatic rings. The molecule has 2 N–H and O–H groups in total. The van der Waals surface area contributed by atoms with Gasteiger partial charge in [0, 0.05) is 0 Å². The molecule has 0 bridgehead atoms. The molecule has 1 aliphatic rings. The SMILES string of the molecule is NC1(c2cccc(F)n2)CCC1. The van der Waals surface area contributed by atoms with Gasteiger partial charge in [0.1, 0.15) is 0 Å². The molecule has 0 spiro atoms. The Morgan fingerprint density at radius 2 is 2.17 bits per heavy atom. The zero-order valence-electron chi connectivity index (χ0n) is 6.76. The minimum atomic E-state index is -0.441. The molecule has 1 aliphatic carbocycles. The quantitative estimate of drug-likeness (QED) is 0.643. The van der Waals surface area contributed by atoms with Gasteiger partial charge < -0.3 is 5.73 Å². The summed E-state index contributed by atoms with van der Waals surface area (Å²) in [5.74, 6) is -0.441. The van der Waals surface area contributed by atoms with E-state index in [9.17, 15) is 4.39 Å². The lowest BCUT2D eigenvalue weighted by molar-refractivity contribution is 0.244. The first-order chi connectivity index (χ1) is 5.71. The van der Waals surface area contributed by atoms with Crippen LogP contribution in [0.15, 0.2) is 18.2 Å². The number of hydrogen-bond acceptors (Lipinski definition) is 2. The van der Waals surface area contributed by atoms with Gasteiger partial charge in [-0.05, 0) is 31.4 Å². The fourth-order valence-corrected chi connectivity index (χ4v) is 1.50. The minimum Gasteiger partial charge on any atom is -0.320 e. The second kappa shape index (κ2) is 2.52. The van der Waals surface area contributed by atoms with Gasteiger partial charge in [-0.1, -0.05) is 6.07 Å². The first-order valence-corrected chi connectivity index (χ1v) is 4.13. The third kappa shape index (κ3) is 1.10. The molecule has 0 aliphatic heterocycles. The van der Waals surface area contributed by atoms with E-state index in [2.05, 4.69) is 4.98 Å². The Hall–Kier alpha value is -0.960. The smallest absolute Gasteiger partial charge is 0.213 e. The summed E-state index contributed by atoms with van der Waals surface area (Å²) in [6.45, 7) is 0. The van der Waals surface area contributed by atoms with Crippen molar-refractivity contribution < 1.29 is 4.39 Å². The van der Waals surface area contributed by atoms with Crippen LogP contribution in [0, 0.1) is 5.95 Å². The Bertz CT molecular complexity index is 294. The van der Waals surface area contributed by atoms with Crippen molar-refractivity contribution in [2.24, 2.45) is 5.73 Å². The fraction of sp³-hybridized carbons (Fsp3) is 0.444. The maximum Gasteiger partial charge on any atom is 0.213 e. The van der Waals surface area contributed by atoms with Crippen LogP contribution < -0.4 is 5.73 Å². The van der Waals surface area contributed by atoms with E-state index in [1.807, 2.05) is 0 Å². The summed E-state index contributed by atoms with van der Waals surface area (Å²) >= 11 is 0. The van der Waals surface area contributed by atoms with E-state index in [4.69, 9.17) is 5.73 Å². The van der Waals surface area contributed by atoms with Gasteiger partial charge in [-0.3, -0.25) is 0 Å². The Morgan fingerprint density at radius 3 is 2.67 bits per heavy atom. The molecule has 1 saturated carbocycles. The van der Waals surface area contributed by atoms with Crippen LogP contribution in [0.1, 0.15) is 25.0 Å². The molecule has 1 heterocycles. The van der Waals surface area contributed by atoms with Gasteiger partial charge in [0.05, 0.1) is 11.2 Å². The van der Waals surface area contributed by atoms with Crippen LogP contribution in [-0.4, -0.2) is 4.98 Å². The molecule has 2 rings (SSSR count). The summed E-state index contributed by atoms with van der Waals surface area (Å²) in [6.07, 6.45) is 2.96. The number of hydrogen-bond donors (Lipinski definition) is 1. The Kier molecular flexibility index (Phi) is 1.61. The molecule has 0 atom stereocenters. The van der Waals surface area contributed by atoms with Gasteiger partial charge in [-0.15, -0.1) is 0 Å². The molecule has 0 amide bonds. The highest BCUT2D eigenvalue weighted by atomic mass is 19.1. The lowest BCUT2D eigenvalue weighted by atomic mass is 9.75. The van der Waals surface area contributed by atoms with Crippen molar-refractivity contribution in [1.29, 1.82) is 0 Å². The van der Waals surface area contributed by atoms with Crippen molar-refractivity contribution in [2.75, 3.05) is 0 Å². The van der Waals surface area contributed by atoms with Crippen molar-refractivity contribution in [2.45, 2.75) is 24.8 Å². The average Bonchev–Trinajstić information content (AvgIpc) is 2.00. The van der Waals surface area contributed by atoms with Crippen molar-refractivity contribution in [3.05, 3.63) is 29.8 Å². The van der Waals surface area contributed by atoms with E-state index in [1.54, 1.807) is 12.1 Å². The fourth-order valence-electron chi connectivity index (χ4n) is 1.50. The normalized spacial score (nSPS) is 20.2. The van der Waals surface area contributed by atoms with Gasteiger partial charge >= 0.3 is 0 Å². The van der Waals surface area contributed by atoms with Crippen molar-refractivity contribution in [1.82, 2.24) is 4.98 Å². The van der Waals surface area contributed by atoms with Crippen molar-refractivity contribution >= 4 is 0 Å². The summed E-state index contributed by atoms with van der Waals surface area (Å²) in [6, 6.07) is 4.79. The Labute approximate surface area is 70.6 Å². The second-order valence-corrected chi connectivity index (χ2v) is 3.36. The van der Waals surface area contributed by atoms with E-state index in [1.165, 1.54) is 6.07 Å². The van der Waals surface area contributed by atoms with Gasteiger partial charge in [-0.2, -0.15) is 4.39 Å². The topological polar surface area (TPSA) is 38.9 Å². The molecule has 0 saturated heterocycles. The van der Waals surface area contributed by atoms with Gasteiger partial charge in [0.2, 0.25) is 5.95 Å². The predicted molar refractivity (Wildman–Crippen MR) is 43.9 cm³/mol. The zero-order chi connectivity index (χ0) is 8.60. The van der Waals surface area contributed by atoms with Crippen LogP contribution in [0.4, 0.5) is 4.39 Å². The molecule has 64 valence electrons. The summed E-state index contributed by atoms with van der Waals surface area (Å²) in [7, 11) is 0. The van der Waals surface area contributed by atoms with E-state index in [0.717, 1.165) is 19.3 Å². The Balaban J connectivity index is 2.33. The van der Waals surface area contributed by atoms with Crippen molar-refractivity contribution in [3.8, 4) is 0 Å². The highest BCUT2D eigenvalue weighted by Crippen LogP contribution is 2.37. The Morgan fingerprint density at radius 1 is 1.42 bits per heavy atom. The molecule has 12 heavy (non-hydrogen) atoms. The second-order valence-electron chi connectivity index (χ2n) is 3.36. The van der Waals surface area contributed by atoms with E-state index < -0.39 is 5.95 Å². The van der Waals surface area contributed by atoms with E-state index in [-0.39, 0.29) is 5.54 Å². The largest absolute Gasteiger partial charge is 0.320 e. The molecule has 0 aromatic carbocycles. The molecule has 1 aromatic heterocycles. The number of halogens is 1. The standard InChI is InChI=1S/C9H11FN2/c10-8-4-1-3-7(12-8)9(11)5-2-6-9/h1,3-4H,2,5-6,11H2. The van der Waals surface area contributed by atoms with Crippen LogP contribution >= 0.6 is 0 Å². The van der Waals surface area contributed by atoms with Crippen LogP contribution in [0.2, 0.25) is 0 Å². The van der Waals surface area contributed by atoms with Gasteiger partial charge in [0.15, 0.2) is 0 Å². The monoisotopic (exact) mass is 166 g/mol. The van der Waals surface area contributed by atoms with Crippen LogP contribution in [0.25, 0.3) is 0 Å². The van der Waals surface area contributed by atoms with E-state index >= 15 is 0 Å². The van der Waals surface area contributed by atoms with Crippen LogP contribution in [0.5, 0.6) is 0 Å². The number of pyridine rings is 1. The molecular weight excluding hydrogens is 155 g/mol. The number of nitrogens with two attached hydrogens (primary N) is 1. The summed E-state index contributed by atoms with van der Waals surface area (Å²) < 4.78 is 12.7. The molecular formula is C9H11FN2. The molecule has 0 unspecified atom stereocenters. The number of rotatable bonds is 1. The summed E-state index contributed by atoms with van der Waals surface area (Å²) in [4.78, 5) is 3.78. The summed E-state index contributed by atoms with van der Waals surface area (Å²) in [5.41, 5.74) is 6.31. The van der Waals surface area contributed by atoms with Crippen LogP contribution in [-0.2, 0) is 5.54 Å². The predicted octanol–water partition coefficient (Wildman–Crippen LogP) is 1.56. The minimum absolute atomic E-state index is 0.345. The third-order valence-corrected chi connectivity index (χ3v) is 2.47. The average molecular weight is 166 g/mol. The van der Waals surface area contributed by atoms with E-state index in [0.29, 0.717) is 5.69 Å². The lowest BCUT2D eigenvalue weighted by Crippen LogP contribution is -2.44. The van der Waals surface area contributed by atoms with Crippen LogP contribution in [0.3, 0.4) is 0 Å². The molecule has 1 fully saturated rings. The van der Waals surface area contributed by atoms with Gasteiger partial charge in [0.25, 0.3) is 0 Å². The zero-order valence-corrected chi connectivity index (χ0v) is 6.76. The highest BCUT2D eigenvalue weighted by Gasteiger charge is 2.35. The first kappa shape index (κ1) is 7.68. The number of nitrogens with zero attached hydrogens (tertiary/aromatic N) is 1. The maximum atomic E-state index is 12.7. The summed E-state index contributed by atoms with van der Waals surface area (Å²) in [5, 5.41) is 0. The lowest BCUT2D eigenvalue weighted by Gasteiger charge is -2.37. The molecule has 0 radical (unpaired) electrons. The third-order valence-electron chi connectivity index (χ3n) is 2.47. The maximum absolute atomic E-state index is 12.7. The number of aromatic nitrogens is 1. The highest BCUT2D eigenvalue weighted by molar-refractivity contribution is 5.18. The molecule has 2 nitrogen and oxygen atoms in total. The first-order valence-electron chi connectivity index (χ1n) is 4.13.